The van der Waals surface area contributed by atoms with Crippen molar-refractivity contribution in [3.63, 3.8) is 0 Å². The van der Waals surface area contributed by atoms with Crippen molar-refractivity contribution in [3.05, 3.63) is 84.4 Å². The van der Waals surface area contributed by atoms with E-state index in [0.29, 0.717) is 11.3 Å². The van der Waals surface area contributed by atoms with Crippen LogP contribution in [-0.2, 0) is 4.79 Å². The van der Waals surface area contributed by atoms with Gasteiger partial charge in [0.05, 0.1) is 17.3 Å². The van der Waals surface area contributed by atoms with Gasteiger partial charge < -0.3 is 10.1 Å². The molecule has 0 radical (unpaired) electrons. The smallest absolute Gasteiger partial charge is 0.262 e. The van der Waals surface area contributed by atoms with Crippen LogP contribution in [0.25, 0.3) is 0 Å². The second-order valence-corrected chi connectivity index (χ2v) is 6.50. The molecule has 0 spiro atoms. The molecule has 0 aliphatic rings. The van der Waals surface area contributed by atoms with Crippen LogP contribution in [-0.4, -0.2) is 12.5 Å². The Bertz CT molecular complexity index is 936. The van der Waals surface area contributed by atoms with Gasteiger partial charge in [0.25, 0.3) is 5.91 Å². The number of carbonyl (C=O) groups excluding carboxylic acids is 1. The number of para-hydroxylation sites is 1. The molecule has 3 rings (SSSR count). The summed E-state index contributed by atoms with van der Waals surface area (Å²) in [5.74, 6) is 0.236. The van der Waals surface area contributed by atoms with Gasteiger partial charge in [0, 0.05) is 9.79 Å². The van der Waals surface area contributed by atoms with Gasteiger partial charge in [-0.2, -0.15) is 5.26 Å². The molecule has 1 N–H and O–H groups in total. The number of ether oxygens (including phenoxy) is 1. The highest BCUT2D eigenvalue weighted by Crippen LogP contribution is 2.33. The molecule has 0 atom stereocenters. The van der Waals surface area contributed by atoms with Crippen molar-refractivity contribution in [2.75, 3.05) is 11.9 Å². The molecular weight excluding hydrogens is 344 g/mol. The molecule has 3 aromatic rings. The van der Waals surface area contributed by atoms with Crippen LogP contribution in [0.1, 0.15) is 5.56 Å². The lowest BCUT2D eigenvalue weighted by atomic mass is 10.2. The number of amides is 1. The van der Waals surface area contributed by atoms with Crippen LogP contribution < -0.4 is 10.1 Å². The fourth-order valence-corrected chi connectivity index (χ4v) is 3.19. The van der Waals surface area contributed by atoms with Crippen molar-refractivity contribution >= 4 is 23.4 Å². The van der Waals surface area contributed by atoms with Gasteiger partial charge in [-0.15, -0.1) is 0 Å². The number of hydrogen-bond donors (Lipinski definition) is 1. The number of anilines is 1. The van der Waals surface area contributed by atoms with Crippen molar-refractivity contribution in [1.82, 2.24) is 0 Å². The topological polar surface area (TPSA) is 62.1 Å². The van der Waals surface area contributed by atoms with E-state index in [1.165, 1.54) is 0 Å². The van der Waals surface area contributed by atoms with E-state index in [-0.39, 0.29) is 12.5 Å². The van der Waals surface area contributed by atoms with Gasteiger partial charge in [-0.1, -0.05) is 48.2 Å². The summed E-state index contributed by atoms with van der Waals surface area (Å²) < 4.78 is 5.47. The summed E-state index contributed by atoms with van der Waals surface area (Å²) >= 11 is 1.58. The average Bonchev–Trinajstić information content (AvgIpc) is 2.69. The zero-order chi connectivity index (χ0) is 18.2. The average molecular weight is 360 g/mol. The van der Waals surface area contributed by atoms with Gasteiger partial charge in [-0.05, 0) is 42.5 Å². The van der Waals surface area contributed by atoms with Crippen molar-refractivity contribution in [1.29, 1.82) is 5.26 Å². The molecule has 0 heterocycles. The molecular formula is C21H16N2O2S. The van der Waals surface area contributed by atoms with E-state index in [4.69, 9.17) is 10.00 Å². The Morgan fingerprint density at radius 3 is 2.58 bits per heavy atom. The highest BCUT2D eigenvalue weighted by Gasteiger charge is 2.09. The standard InChI is InChI=1S/C21H16N2O2S/c22-14-16-7-6-8-17(13-16)25-15-21(24)23-19-11-4-5-12-20(19)26-18-9-2-1-3-10-18/h1-13H,15H2,(H,23,24). The molecule has 0 aliphatic heterocycles. The SMILES string of the molecule is N#Cc1cccc(OCC(=O)Nc2ccccc2Sc2ccccc2)c1. The van der Waals surface area contributed by atoms with E-state index < -0.39 is 0 Å². The molecule has 0 unspecified atom stereocenters. The Morgan fingerprint density at radius 1 is 1.00 bits per heavy atom. The predicted molar refractivity (Wildman–Crippen MR) is 102 cm³/mol. The van der Waals surface area contributed by atoms with Crippen LogP contribution in [0.2, 0.25) is 0 Å². The Kier molecular flexibility index (Phi) is 5.92. The van der Waals surface area contributed by atoms with Gasteiger partial charge in [-0.25, -0.2) is 0 Å². The molecule has 4 nitrogen and oxygen atoms in total. The Labute approximate surface area is 156 Å². The molecule has 0 saturated carbocycles. The van der Waals surface area contributed by atoms with Gasteiger partial charge in [0.15, 0.2) is 6.61 Å². The summed E-state index contributed by atoms with van der Waals surface area (Å²) in [5.41, 5.74) is 1.23. The zero-order valence-corrected chi connectivity index (χ0v) is 14.7. The lowest BCUT2D eigenvalue weighted by Crippen LogP contribution is -2.20. The summed E-state index contributed by atoms with van der Waals surface area (Å²) in [7, 11) is 0. The summed E-state index contributed by atoms with van der Waals surface area (Å²) in [6, 6.07) is 26.4. The van der Waals surface area contributed by atoms with Gasteiger partial charge in [-0.3, -0.25) is 4.79 Å². The number of benzene rings is 3. The first-order valence-corrected chi connectivity index (χ1v) is 8.81. The molecule has 5 heteroatoms. The predicted octanol–water partition coefficient (Wildman–Crippen LogP) is 4.73. The maximum Gasteiger partial charge on any atom is 0.262 e. The number of carbonyl (C=O) groups is 1. The van der Waals surface area contributed by atoms with E-state index in [1.54, 1.807) is 36.0 Å². The number of hydrogen-bond acceptors (Lipinski definition) is 4. The largest absolute Gasteiger partial charge is 0.484 e. The molecule has 0 aliphatic carbocycles. The fourth-order valence-electron chi connectivity index (χ4n) is 2.27. The normalized spacial score (nSPS) is 9.96. The van der Waals surface area contributed by atoms with Crippen LogP contribution in [0.5, 0.6) is 5.75 Å². The van der Waals surface area contributed by atoms with Crippen LogP contribution in [0.4, 0.5) is 5.69 Å². The summed E-state index contributed by atoms with van der Waals surface area (Å²) in [6.07, 6.45) is 0. The second-order valence-electron chi connectivity index (χ2n) is 5.39. The third-order valence-corrected chi connectivity index (χ3v) is 4.55. The minimum atomic E-state index is -0.256. The molecule has 3 aromatic carbocycles. The number of nitriles is 1. The molecule has 26 heavy (non-hydrogen) atoms. The van der Waals surface area contributed by atoms with Crippen molar-refractivity contribution in [3.8, 4) is 11.8 Å². The van der Waals surface area contributed by atoms with E-state index in [9.17, 15) is 4.79 Å². The molecule has 0 saturated heterocycles. The maximum atomic E-state index is 12.2. The van der Waals surface area contributed by atoms with Crippen LogP contribution >= 0.6 is 11.8 Å². The minimum absolute atomic E-state index is 0.126. The van der Waals surface area contributed by atoms with Crippen LogP contribution in [0, 0.1) is 11.3 Å². The van der Waals surface area contributed by atoms with E-state index in [1.807, 2.05) is 60.7 Å². The number of nitrogens with zero attached hydrogens (tertiary/aromatic N) is 1. The quantitative estimate of drug-likeness (QED) is 0.690. The summed E-state index contributed by atoms with van der Waals surface area (Å²) in [5, 5.41) is 11.8. The highest BCUT2D eigenvalue weighted by atomic mass is 32.2. The van der Waals surface area contributed by atoms with E-state index >= 15 is 0 Å². The summed E-state index contributed by atoms with van der Waals surface area (Å²) in [6.45, 7) is -0.126. The van der Waals surface area contributed by atoms with Gasteiger partial charge in [0.2, 0.25) is 0 Å². The molecule has 1 amide bonds. The van der Waals surface area contributed by atoms with Crippen LogP contribution in [0.15, 0.2) is 88.7 Å². The lowest BCUT2D eigenvalue weighted by Gasteiger charge is -2.11. The molecule has 0 fully saturated rings. The number of nitrogens with one attached hydrogen (secondary N) is 1. The highest BCUT2D eigenvalue weighted by molar-refractivity contribution is 7.99. The first kappa shape index (κ1) is 17.6. The van der Waals surface area contributed by atoms with E-state index in [2.05, 4.69) is 5.32 Å². The van der Waals surface area contributed by atoms with Gasteiger partial charge in [0.1, 0.15) is 5.75 Å². The third-order valence-electron chi connectivity index (χ3n) is 3.47. The first-order chi connectivity index (χ1) is 12.7. The zero-order valence-electron chi connectivity index (χ0n) is 13.9. The second kappa shape index (κ2) is 8.75. The minimum Gasteiger partial charge on any atom is -0.484 e. The lowest BCUT2D eigenvalue weighted by molar-refractivity contribution is -0.118. The molecule has 0 bridgehead atoms. The van der Waals surface area contributed by atoms with Crippen molar-refractivity contribution in [2.24, 2.45) is 0 Å². The number of rotatable bonds is 6. The van der Waals surface area contributed by atoms with Crippen molar-refractivity contribution < 1.29 is 9.53 Å². The molecule has 0 aromatic heterocycles. The fraction of sp³-hybridized carbons (Fsp3) is 0.0476. The summed E-state index contributed by atoms with van der Waals surface area (Å²) in [4.78, 5) is 14.3. The monoisotopic (exact) mass is 360 g/mol. The van der Waals surface area contributed by atoms with Crippen LogP contribution in [0.3, 0.4) is 0 Å². The third kappa shape index (κ3) is 4.88. The molecule has 128 valence electrons. The Morgan fingerprint density at radius 2 is 1.77 bits per heavy atom. The van der Waals surface area contributed by atoms with Gasteiger partial charge >= 0.3 is 0 Å². The Hall–Kier alpha value is -3.23. The maximum absolute atomic E-state index is 12.2. The van der Waals surface area contributed by atoms with E-state index in [0.717, 1.165) is 15.5 Å². The van der Waals surface area contributed by atoms with Crippen molar-refractivity contribution in [2.45, 2.75) is 9.79 Å². The first-order valence-electron chi connectivity index (χ1n) is 7.99. The Balaban J connectivity index is 1.63.